The van der Waals surface area contributed by atoms with E-state index in [1.54, 1.807) is 6.21 Å². The number of nitrogens with one attached hydrogen (secondary N) is 1. The monoisotopic (exact) mass is 397 g/mol. The van der Waals surface area contributed by atoms with E-state index in [9.17, 15) is 4.79 Å². The highest BCUT2D eigenvalue weighted by Gasteiger charge is 2.24. The van der Waals surface area contributed by atoms with Gasteiger partial charge in [0.05, 0.1) is 6.21 Å². The largest absolute Gasteiger partial charge is 0.299 e. The molecule has 5 heteroatoms. The molecule has 1 aliphatic rings. The molecule has 1 N–H and O–H groups in total. The highest BCUT2D eigenvalue weighted by atomic mass is 35.5. The molecule has 1 saturated heterocycles. The number of hydrogen-bond acceptors (Lipinski definition) is 3. The topological polar surface area (TPSA) is 44.7 Å². The van der Waals surface area contributed by atoms with Crippen molar-refractivity contribution < 1.29 is 4.79 Å². The summed E-state index contributed by atoms with van der Waals surface area (Å²) in [6.45, 7) is 7.08. The molecule has 2 aromatic carbocycles. The van der Waals surface area contributed by atoms with Gasteiger partial charge in [0, 0.05) is 17.5 Å². The predicted molar refractivity (Wildman–Crippen MR) is 116 cm³/mol. The van der Waals surface area contributed by atoms with Crippen LogP contribution in [-0.4, -0.2) is 30.1 Å². The van der Waals surface area contributed by atoms with E-state index in [0.29, 0.717) is 5.92 Å². The maximum Gasteiger partial charge on any atom is 0.243 e. The second-order valence-corrected chi connectivity index (χ2v) is 8.17. The van der Waals surface area contributed by atoms with Gasteiger partial charge in [-0.15, -0.1) is 0 Å². The SMILES string of the molecule is CC(C)c1ccc(/C=N\NC(=O)C2CCN(Cc3ccc(Cl)cc3)CC2)cc1. The molecular weight excluding hydrogens is 370 g/mol. The van der Waals surface area contributed by atoms with Crippen molar-refractivity contribution in [2.75, 3.05) is 13.1 Å². The average Bonchev–Trinajstić information content (AvgIpc) is 2.70. The molecule has 4 nitrogen and oxygen atoms in total. The molecule has 0 aliphatic carbocycles. The number of rotatable bonds is 6. The second-order valence-electron chi connectivity index (χ2n) is 7.73. The first-order chi connectivity index (χ1) is 13.5. The fraction of sp³-hybridized carbons (Fsp3) is 0.391. The van der Waals surface area contributed by atoms with Crippen LogP contribution in [0.25, 0.3) is 0 Å². The molecule has 0 spiro atoms. The van der Waals surface area contributed by atoms with Gasteiger partial charge in [0.1, 0.15) is 0 Å². The van der Waals surface area contributed by atoms with Crippen LogP contribution >= 0.6 is 11.6 Å². The Morgan fingerprint density at radius 1 is 1.14 bits per heavy atom. The van der Waals surface area contributed by atoms with Gasteiger partial charge in [-0.25, -0.2) is 5.43 Å². The molecule has 0 aromatic heterocycles. The van der Waals surface area contributed by atoms with E-state index >= 15 is 0 Å². The van der Waals surface area contributed by atoms with Gasteiger partial charge in [0.25, 0.3) is 0 Å². The number of benzene rings is 2. The maximum atomic E-state index is 12.4. The third-order valence-electron chi connectivity index (χ3n) is 5.27. The summed E-state index contributed by atoms with van der Waals surface area (Å²) in [5, 5.41) is 4.90. The number of halogens is 1. The standard InChI is InChI=1S/C23H28ClN3O/c1-17(2)20-7-3-18(4-8-20)15-25-26-23(28)21-11-13-27(14-12-21)16-19-5-9-22(24)10-6-19/h3-10,15,17,21H,11-14,16H2,1-2H3,(H,26,28)/b25-15-. The highest BCUT2D eigenvalue weighted by Crippen LogP contribution is 2.20. The minimum absolute atomic E-state index is 0.0150. The van der Waals surface area contributed by atoms with Gasteiger partial charge in [-0.1, -0.05) is 61.8 Å². The van der Waals surface area contributed by atoms with E-state index in [2.05, 4.69) is 53.5 Å². The lowest BCUT2D eigenvalue weighted by molar-refractivity contribution is -0.126. The third-order valence-corrected chi connectivity index (χ3v) is 5.52. The fourth-order valence-electron chi connectivity index (χ4n) is 3.43. The van der Waals surface area contributed by atoms with Crippen LogP contribution in [0.15, 0.2) is 53.6 Å². The van der Waals surface area contributed by atoms with E-state index < -0.39 is 0 Å². The van der Waals surface area contributed by atoms with Crippen molar-refractivity contribution in [1.29, 1.82) is 0 Å². The predicted octanol–water partition coefficient (Wildman–Crippen LogP) is 4.83. The molecule has 148 valence electrons. The van der Waals surface area contributed by atoms with Gasteiger partial charge in [-0.05, 0) is 60.7 Å². The molecule has 1 aliphatic heterocycles. The fourth-order valence-corrected chi connectivity index (χ4v) is 3.56. The summed E-state index contributed by atoms with van der Waals surface area (Å²) in [6, 6.07) is 16.2. The summed E-state index contributed by atoms with van der Waals surface area (Å²) >= 11 is 5.94. The second kappa shape index (κ2) is 9.85. The van der Waals surface area contributed by atoms with E-state index in [1.807, 2.05) is 24.3 Å². The van der Waals surface area contributed by atoms with Crippen LogP contribution in [0.5, 0.6) is 0 Å². The van der Waals surface area contributed by atoms with Crippen molar-refractivity contribution in [2.24, 2.45) is 11.0 Å². The van der Waals surface area contributed by atoms with Gasteiger partial charge < -0.3 is 0 Å². The zero-order valence-electron chi connectivity index (χ0n) is 16.6. The first kappa shape index (κ1) is 20.6. The molecule has 3 rings (SSSR count). The van der Waals surface area contributed by atoms with E-state index in [4.69, 9.17) is 11.6 Å². The first-order valence-electron chi connectivity index (χ1n) is 9.91. The lowest BCUT2D eigenvalue weighted by Gasteiger charge is -2.30. The Hall–Kier alpha value is -2.17. The number of amides is 1. The molecule has 1 amide bonds. The molecule has 0 bridgehead atoms. The maximum absolute atomic E-state index is 12.4. The zero-order valence-corrected chi connectivity index (χ0v) is 17.3. The molecule has 0 atom stereocenters. The molecule has 0 radical (unpaired) electrons. The van der Waals surface area contributed by atoms with Crippen molar-refractivity contribution >= 4 is 23.7 Å². The number of hydrogen-bond donors (Lipinski definition) is 1. The van der Waals surface area contributed by atoms with Crippen molar-refractivity contribution in [3.63, 3.8) is 0 Å². The Kier molecular flexibility index (Phi) is 7.24. The summed E-state index contributed by atoms with van der Waals surface area (Å²) in [6.07, 6.45) is 3.42. The van der Waals surface area contributed by atoms with Crippen LogP contribution in [0.3, 0.4) is 0 Å². The van der Waals surface area contributed by atoms with Gasteiger partial charge in [-0.3, -0.25) is 9.69 Å². The summed E-state index contributed by atoms with van der Waals surface area (Å²) in [4.78, 5) is 14.8. The lowest BCUT2D eigenvalue weighted by atomic mass is 9.96. The van der Waals surface area contributed by atoms with Crippen LogP contribution < -0.4 is 5.43 Å². The van der Waals surface area contributed by atoms with Gasteiger partial charge in [-0.2, -0.15) is 5.10 Å². The lowest BCUT2D eigenvalue weighted by Crippen LogP contribution is -2.39. The van der Waals surface area contributed by atoms with Gasteiger partial charge >= 0.3 is 0 Å². The van der Waals surface area contributed by atoms with Crippen molar-refractivity contribution in [1.82, 2.24) is 10.3 Å². The third kappa shape index (κ3) is 5.91. The quantitative estimate of drug-likeness (QED) is 0.560. The Balaban J connectivity index is 1.42. The van der Waals surface area contributed by atoms with Crippen LogP contribution in [0, 0.1) is 5.92 Å². The van der Waals surface area contributed by atoms with Crippen LogP contribution in [-0.2, 0) is 11.3 Å². The number of piperidine rings is 1. The van der Waals surface area contributed by atoms with Crippen LogP contribution in [0.4, 0.5) is 0 Å². The van der Waals surface area contributed by atoms with Crippen molar-refractivity contribution in [3.05, 3.63) is 70.2 Å². The van der Waals surface area contributed by atoms with E-state index in [0.717, 1.165) is 43.1 Å². The highest BCUT2D eigenvalue weighted by molar-refractivity contribution is 6.30. The Morgan fingerprint density at radius 2 is 1.79 bits per heavy atom. The number of hydrazone groups is 1. The van der Waals surface area contributed by atoms with Crippen LogP contribution in [0.1, 0.15) is 49.3 Å². The normalized spacial score (nSPS) is 16.0. The van der Waals surface area contributed by atoms with Crippen molar-refractivity contribution in [2.45, 2.75) is 39.2 Å². The summed E-state index contributed by atoms with van der Waals surface area (Å²) in [5.41, 5.74) is 6.24. The summed E-state index contributed by atoms with van der Waals surface area (Å²) < 4.78 is 0. The van der Waals surface area contributed by atoms with Crippen molar-refractivity contribution in [3.8, 4) is 0 Å². The molecule has 1 heterocycles. The first-order valence-corrected chi connectivity index (χ1v) is 10.3. The molecule has 28 heavy (non-hydrogen) atoms. The Labute approximate surface area is 172 Å². The molecule has 1 fully saturated rings. The Bertz CT molecular complexity index is 792. The summed E-state index contributed by atoms with van der Waals surface area (Å²) in [5.74, 6) is 0.555. The van der Waals surface area contributed by atoms with Gasteiger partial charge in [0.2, 0.25) is 5.91 Å². The summed E-state index contributed by atoms with van der Waals surface area (Å²) in [7, 11) is 0. The average molecular weight is 398 g/mol. The number of carbonyl (C=O) groups excluding carboxylic acids is 1. The molecule has 2 aromatic rings. The number of carbonyl (C=O) groups is 1. The smallest absolute Gasteiger partial charge is 0.243 e. The van der Waals surface area contributed by atoms with Crippen LogP contribution in [0.2, 0.25) is 5.02 Å². The molecule has 0 saturated carbocycles. The number of likely N-dealkylation sites (tertiary alicyclic amines) is 1. The Morgan fingerprint density at radius 3 is 2.39 bits per heavy atom. The van der Waals surface area contributed by atoms with E-state index in [-0.39, 0.29) is 11.8 Å². The molecular formula is C23H28ClN3O. The number of nitrogens with zero attached hydrogens (tertiary/aromatic N) is 2. The molecule has 0 unspecified atom stereocenters. The minimum atomic E-state index is 0.0150. The van der Waals surface area contributed by atoms with Gasteiger partial charge in [0.15, 0.2) is 0 Å². The van der Waals surface area contributed by atoms with E-state index in [1.165, 1.54) is 11.1 Å². The minimum Gasteiger partial charge on any atom is -0.299 e. The zero-order chi connectivity index (χ0) is 19.9.